The van der Waals surface area contributed by atoms with Crippen LogP contribution in [0.5, 0.6) is 0 Å². The third-order valence-electron chi connectivity index (χ3n) is 4.61. The van der Waals surface area contributed by atoms with E-state index < -0.39 is 17.7 Å². The van der Waals surface area contributed by atoms with E-state index in [4.69, 9.17) is 0 Å². The quantitative estimate of drug-likeness (QED) is 0.806. The first-order valence-electron chi connectivity index (χ1n) is 8.65. The molecule has 1 aromatic heterocycles. The second kappa shape index (κ2) is 7.03. The van der Waals surface area contributed by atoms with Gasteiger partial charge < -0.3 is 10.0 Å². The molecule has 26 heavy (non-hydrogen) atoms. The van der Waals surface area contributed by atoms with Gasteiger partial charge in [0.2, 0.25) is 5.78 Å². The summed E-state index contributed by atoms with van der Waals surface area (Å²) in [6.07, 6.45) is 0.738. The molecule has 0 aliphatic carbocycles. The van der Waals surface area contributed by atoms with Crippen molar-refractivity contribution in [3.63, 3.8) is 0 Å². The monoisotopic (exact) mass is 370 g/mol. The van der Waals surface area contributed by atoms with E-state index in [1.54, 1.807) is 11.8 Å². The van der Waals surface area contributed by atoms with Crippen LogP contribution < -0.4 is 0 Å². The van der Waals surface area contributed by atoms with Gasteiger partial charge in [0.1, 0.15) is 0 Å². The third-order valence-corrected chi connectivity index (χ3v) is 5.68. The highest BCUT2D eigenvalue weighted by Gasteiger charge is 2.44. The maximum Gasteiger partial charge on any atom is 0.290 e. The predicted octanol–water partition coefficient (Wildman–Crippen LogP) is 4.06. The highest BCUT2D eigenvalue weighted by Crippen LogP contribution is 2.41. The van der Waals surface area contributed by atoms with E-state index in [2.05, 4.69) is 4.98 Å². The first-order chi connectivity index (χ1) is 12.4. The average molecular weight is 370 g/mol. The lowest BCUT2D eigenvalue weighted by molar-refractivity contribution is -0.129. The molecule has 1 atom stereocenters. The zero-order valence-corrected chi connectivity index (χ0v) is 16.2. The van der Waals surface area contributed by atoms with Crippen molar-refractivity contribution in [1.82, 2.24) is 9.88 Å². The number of ketones is 1. The Morgan fingerprint density at radius 3 is 2.54 bits per heavy atom. The molecule has 0 spiro atoms. The van der Waals surface area contributed by atoms with Crippen molar-refractivity contribution in [2.45, 2.75) is 40.2 Å². The van der Waals surface area contributed by atoms with E-state index in [0.717, 1.165) is 22.6 Å². The molecule has 1 aliphatic heterocycles. The van der Waals surface area contributed by atoms with Gasteiger partial charge in [0.05, 0.1) is 27.2 Å². The predicted molar refractivity (Wildman–Crippen MR) is 101 cm³/mol. The van der Waals surface area contributed by atoms with Gasteiger partial charge in [0, 0.05) is 6.54 Å². The standard InChI is InChI=1S/C20H22N2O3S/c1-5-10-22-16(14-9-7-6-8-11(14)2)15(18(24)20(22)25)17(23)19-12(3)21-13(4)26-19/h6-9,16,24H,5,10H2,1-4H3. The minimum atomic E-state index is -0.571. The molecule has 0 saturated carbocycles. The normalized spacial score (nSPS) is 17.3. The Bertz CT molecular complexity index is 914. The third kappa shape index (κ3) is 2.94. The molecule has 1 N–H and O–H groups in total. The first-order valence-corrected chi connectivity index (χ1v) is 9.46. The minimum Gasteiger partial charge on any atom is -0.503 e. The number of Topliss-reactive ketones (excluding diaryl/α,β-unsaturated/α-hetero) is 1. The van der Waals surface area contributed by atoms with Crippen LogP contribution in [0.2, 0.25) is 0 Å². The molecular formula is C20H22N2O3S. The maximum atomic E-state index is 13.3. The summed E-state index contributed by atoms with van der Waals surface area (Å²) < 4.78 is 0. The van der Waals surface area contributed by atoms with Crippen LogP contribution in [0.3, 0.4) is 0 Å². The molecule has 0 bridgehead atoms. The van der Waals surface area contributed by atoms with E-state index in [1.165, 1.54) is 11.3 Å². The minimum absolute atomic E-state index is 0.157. The highest BCUT2D eigenvalue weighted by molar-refractivity contribution is 7.14. The summed E-state index contributed by atoms with van der Waals surface area (Å²) in [6.45, 7) is 8.00. The summed E-state index contributed by atoms with van der Waals surface area (Å²) in [5.74, 6) is -1.24. The number of carbonyl (C=O) groups excluding carboxylic acids is 2. The summed E-state index contributed by atoms with van der Waals surface area (Å²) in [5, 5.41) is 11.3. The van der Waals surface area contributed by atoms with Crippen molar-refractivity contribution in [1.29, 1.82) is 0 Å². The molecule has 5 nitrogen and oxygen atoms in total. The Balaban J connectivity index is 2.16. The van der Waals surface area contributed by atoms with Crippen LogP contribution in [-0.2, 0) is 4.79 Å². The molecule has 2 heterocycles. The number of carbonyl (C=O) groups is 2. The SMILES string of the molecule is CCCN1C(=O)C(O)=C(C(=O)c2sc(C)nc2C)C1c1ccccc1C. The molecule has 1 aliphatic rings. The summed E-state index contributed by atoms with van der Waals surface area (Å²) >= 11 is 1.29. The molecule has 0 saturated heterocycles. The van der Waals surface area contributed by atoms with E-state index in [1.807, 2.05) is 45.0 Å². The number of aromatic nitrogens is 1. The van der Waals surface area contributed by atoms with Crippen molar-refractivity contribution >= 4 is 23.0 Å². The van der Waals surface area contributed by atoms with Crippen LogP contribution in [0, 0.1) is 20.8 Å². The zero-order valence-electron chi connectivity index (χ0n) is 15.4. The molecule has 1 amide bonds. The lowest BCUT2D eigenvalue weighted by Crippen LogP contribution is -2.32. The summed E-state index contributed by atoms with van der Waals surface area (Å²) in [6, 6.07) is 7.09. The molecule has 3 rings (SSSR count). The van der Waals surface area contributed by atoms with Crippen molar-refractivity contribution in [3.05, 3.63) is 62.3 Å². The number of nitrogens with zero attached hydrogens (tertiary/aromatic N) is 2. The number of thiazole rings is 1. The molecule has 6 heteroatoms. The summed E-state index contributed by atoms with van der Waals surface area (Å²) in [5.41, 5.74) is 2.62. The fraction of sp³-hybridized carbons (Fsp3) is 0.350. The van der Waals surface area contributed by atoms with E-state index in [9.17, 15) is 14.7 Å². The molecule has 136 valence electrons. The van der Waals surface area contributed by atoms with Crippen LogP contribution >= 0.6 is 11.3 Å². The number of hydrogen-bond acceptors (Lipinski definition) is 5. The van der Waals surface area contributed by atoms with Crippen molar-refractivity contribution in [2.24, 2.45) is 0 Å². The van der Waals surface area contributed by atoms with Gasteiger partial charge >= 0.3 is 0 Å². The number of aliphatic hydroxyl groups is 1. The van der Waals surface area contributed by atoms with Crippen LogP contribution in [0.25, 0.3) is 0 Å². The number of benzene rings is 1. The van der Waals surface area contributed by atoms with Crippen molar-refractivity contribution in [2.75, 3.05) is 6.54 Å². The lowest BCUT2D eigenvalue weighted by atomic mass is 9.92. The zero-order chi connectivity index (χ0) is 19.0. The average Bonchev–Trinajstić information content (AvgIpc) is 3.06. The fourth-order valence-electron chi connectivity index (χ4n) is 3.44. The maximum absolute atomic E-state index is 13.3. The smallest absolute Gasteiger partial charge is 0.290 e. The van der Waals surface area contributed by atoms with Gasteiger partial charge in [0.15, 0.2) is 5.76 Å². The van der Waals surface area contributed by atoms with Gasteiger partial charge in [-0.1, -0.05) is 31.2 Å². The van der Waals surface area contributed by atoms with Crippen LogP contribution in [-0.4, -0.2) is 33.2 Å². The lowest BCUT2D eigenvalue weighted by Gasteiger charge is -2.27. The highest BCUT2D eigenvalue weighted by atomic mass is 32.1. The molecule has 2 aromatic rings. The Morgan fingerprint density at radius 1 is 1.27 bits per heavy atom. The van der Waals surface area contributed by atoms with Gasteiger partial charge in [-0.25, -0.2) is 4.98 Å². The molecule has 1 unspecified atom stereocenters. The number of hydrogen-bond donors (Lipinski definition) is 1. The molecule has 0 fully saturated rings. The second-order valence-corrected chi connectivity index (χ2v) is 7.70. The first kappa shape index (κ1) is 18.3. The van der Waals surface area contributed by atoms with Gasteiger partial charge in [0.25, 0.3) is 5.91 Å². The van der Waals surface area contributed by atoms with Crippen LogP contribution in [0.1, 0.15) is 50.9 Å². The van der Waals surface area contributed by atoms with Gasteiger partial charge in [-0.05, 0) is 38.3 Å². The molecule has 0 radical (unpaired) electrons. The Kier molecular flexibility index (Phi) is 4.96. The Labute approximate surface area is 157 Å². The van der Waals surface area contributed by atoms with Crippen LogP contribution in [0.4, 0.5) is 0 Å². The van der Waals surface area contributed by atoms with Gasteiger partial charge in [-0.2, -0.15) is 0 Å². The van der Waals surface area contributed by atoms with Gasteiger partial charge in [-0.3, -0.25) is 9.59 Å². The number of aliphatic hydroxyl groups excluding tert-OH is 1. The van der Waals surface area contributed by atoms with E-state index in [0.29, 0.717) is 17.1 Å². The van der Waals surface area contributed by atoms with Gasteiger partial charge in [-0.15, -0.1) is 11.3 Å². The largest absolute Gasteiger partial charge is 0.503 e. The molecular weight excluding hydrogens is 348 g/mol. The van der Waals surface area contributed by atoms with E-state index >= 15 is 0 Å². The fourth-order valence-corrected chi connectivity index (χ4v) is 4.31. The summed E-state index contributed by atoms with van der Waals surface area (Å²) in [4.78, 5) is 32.3. The number of aryl methyl sites for hydroxylation is 3. The topological polar surface area (TPSA) is 70.5 Å². The van der Waals surface area contributed by atoms with Crippen molar-refractivity contribution in [3.8, 4) is 0 Å². The Hall–Kier alpha value is -2.47. The Morgan fingerprint density at radius 2 is 1.96 bits per heavy atom. The number of amides is 1. The molecule has 1 aromatic carbocycles. The van der Waals surface area contributed by atoms with E-state index in [-0.39, 0.29) is 11.4 Å². The van der Waals surface area contributed by atoms with Crippen LogP contribution in [0.15, 0.2) is 35.6 Å². The number of rotatable bonds is 5. The van der Waals surface area contributed by atoms with Crippen molar-refractivity contribution < 1.29 is 14.7 Å². The summed E-state index contributed by atoms with van der Waals surface area (Å²) in [7, 11) is 0. The second-order valence-electron chi connectivity index (χ2n) is 6.50.